The lowest BCUT2D eigenvalue weighted by Crippen LogP contribution is -2.13. The number of nitrogens with one attached hydrogen (secondary N) is 1. The predicted octanol–water partition coefficient (Wildman–Crippen LogP) is 1.97. The third kappa shape index (κ3) is 2.12. The summed E-state index contributed by atoms with van der Waals surface area (Å²) in [5, 5.41) is 12.0. The van der Waals surface area contributed by atoms with Gasteiger partial charge in [0.15, 0.2) is 0 Å². The van der Waals surface area contributed by atoms with E-state index in [0.29, 0.717) is 5.56 Å². The van der Waals surface area contributed by atoms with Gasteiger partial charge in [-0.05, 0) is 38.1 Å². The molecule has 0 aliphatic rings. The van der Waals surface area contributed by atoms with E-state index in [0.717, 1.165) is 11.1 Å². The van der Waals surface area contributed by atoms with Crippen LogP contribution in [0.25, 0.3) is 0 Å². The van der Waals surface area contributed by atoms with Gasteiger partial charge in [-0.1, -0.05) is 12.1 Å². The first-order valence-corrected chi connectivity index (χ1v) is 4.57. The number of carboxylic acid groups (broad SMARTS) is 1. The molecule has 2 N–H and O–H groups in total. The Labute approximate surface area is 83.8 Å². The summed E-state index contributed by atoms with van der Waals surface area (Å²) in [6.45, 7) is 3.80. The van der Waals surface area contributed by atoms with Crippen molar-refractivity contribution in [3.8, 4) is 0 Å². The largest absolute Gasteiger partial charge is 0.478 e. The van der Waals surface area contributed by atoms with Gasteiger partial charge in [0.05, 0.1) is 5.56 Å². The van der Waals surface area contributed by atoms with E-state index in [1.165, 1.54) is 0 Å². The van der Waals surface area contributed by atoms with Gasteiger partial charge < -0.3 is 10.4 Å². The van der Waals surface area contributed by atoms with Gasteiger partial charge in [0.1, 0.15) is 0 Å². The molecular weight excluding hydrogens is 178 g/mol. The molecule has 0 bridgehead atoms. The average Bonchev–Trinajstić information content (AvgIpc) is 2.17. The normalized spacial score (nSPS) is 12.5. The summed E-state index contributed by atoms with van der Waals surface area (Å²) >= 11 is 0. The number of aromatic carboxylic acids is 1. The quantitative estimate of drug-likeness (QED) is 0.771. The molecular formula is C11H15NO2. The fourth-order valence-corrected chi connectivity index (χ4v) is 1.31. The topological polar surface area (TPSA) is 49.3 Å². The van der Waals surface area contributed by atoms with E-state index in [4.69, 9.17) is 5.11 Å². The van der Waals surface area contributed by atoms with Crippen molar-refractivity contribution in [1.82, 2.24) is 5.32 Å². The number of aryl methyl sites for hydroxylation is 1. The number of hydrogen-bond acceptors (Lipinski definition) is 2. The Morgan fingerprint density at radius 2 is 2.14 bits per heavy atom. The smallest absolute Gasteiger partial charge is 0.335 e. The van der Waals surface area contributed by atoms with Crippen LogP contribution in [0.1, 0.15) is 34.5 Å². The Bertz CT molecular complexity index is 347. The molecule has 1 rings (SSSR count). The zero-order valence-corrected chi connectivity index (χ0v) is 8.66. The number of benzene rings is 1. The highest BCUT2D eigenvalue weighted by Crippen LogP contribution is 2.16. The van der Waals surface area contributed by atoms with E-state index in [1.54, 1.807) is 13.0 Å². The van der Waals surface area contributed by atoms with E-state index >= 15 is 0 Å². The molecule has 1 aromatic rings. The van der Waals surface area contributed by atoms with Crippen molar-refractivity contribution in [2.45, 2.75) is 19.9 Å². The second kappa shape index (κ2) is 4.24. The summed E-state index contributed by atoms with van der Waals surface area (Å²) in [5.41, 5.74) is 2.17. The molecule has 0 unspecified atom stereocenters. The maximum atomic E-state index is 10.9. The van der Waals surface area contributed by atoms with Crippen LogP contribution in [0.2, 0.25) is 0 Å². The molecule has 0 heterocycles. The molecule has 76 valence electrons. The molecule has 0 amide bonds. The van der Waals surface area contributed by atoms with Crippen molar-refractivity contribution in [3.63, 3.8) is 0 Å². The van der Waals surface area contributed by atoms with Crippen LogP contribution in [-0.4, -0.2) is 18.1 Å². The number of carboxylic acids is 1. The van der Waals surface area contributed by atoms with Crippen LogP contribution < -0.4 is 5.32 Å². The van der Waals surface area contributed by atoms with Crippen LogP contribution in [0.4, 0.5) is 0 Å². The minimum atomic E-state index is -0.868. The van der Waals surface area contributed by atoms with Crippen LogP contribution in [0.15, 0.2) is 18.2 Å². The number of carbonyl (C=O) groups is 1. The zero-order valence-electron chi connectivity index (χ0n) is 8.66. The van der Waals surface area contributed by atoms with Gasteiger partial charge >= 0.3 is 5.97 Å². The van der Waals surface area contributed by atoms with E-state index < -0.39 is 5.97 Å². The van der Waals surface area contributed by atoms with E-state index in [1.807, 2.05) is 26.1 Å². The highest BCUT2D eigenvalue weighted by molar-refractivity contribution is 5.89. The minimum absolute atomic E-state index is 0.175. The summed E-state index contributed by atoms with van der Waals surface area (Å²) in [4.78, 5) is 10.9. The predicted molar refractivity (Wildman–Crippen MR) is 55.6 cm³/mol. The summed E-state index contributed by atoms with van der Waals surface area (Å²) in [7, 11) is 1.85. The number of hydrogen-bond donors (Lipinski definition) is 2. The van der Waals surface area contributed by atoms with Crippen LogP contribution >= 0.6 is 0 Å². The third-order valence-electron chi connectivity index (χ3n) is 2.43. The van der Waals surface area contributed by atoms with Crippen molar-refractivity contribution in [2.24, 2.45) is 0 Å². The summed E-state index contributed by atoms with van der Waals surface area (Å²) in [6.07, 6.45) is 0. The van der Waals surface area contributed by atoms with Crippen LogP contribution in [0.3, 0.4) is 0 Å². The zero-order chi connectivity index (χ0) is 10.7. The molecule has 1 atom stereocenters. The molecule has 0 saturated carbocycles. The van der Waals surface area contributed by atoms with Crippen LogP contribution in [0, 0.1) is 6.92 Å². The molecule has 0 radical (unpaired) electrons. The third-order valence-corrected chi connectivity index (χ3v) is 2.43. The SMILES string of the molecule is CN[C@H](C)c1ccc(C)c(C(=O)O)c1. The lowest BCUT2D eigenvalue weighted by molar-refractivity contribution is 0.0696. The van der Waals surface area contributed by atoms with Gasteiger partial charge in [-0.3, -0.25) is 0 Å². The first-order valence-electron chi connectivity index (χ1n) is 4.57. The van der Waals surface area contributed by atoms with E-state index in [2.05, 4.69) is 5.32 Å². The first-order chi connectivity index (χ1) is 6.56. The molecule has 0 aromatic heterocycles. The average molecular weight is 193 g/mol. The Kier molecular flexibility index (Phi) is 3.25. The second-order valence-electron chi connectivity index (χ2n) is 3.39. The highest BCUT2D eigenvalue weighted by atomic mass is 16.4. The van der Waals surface area contributed by atoms with Crippen molar-refractivity contribution in [1.29, 1.82) is 0 Å². The van der Waals surface area contributed by atoms with Crippen LogP contribution in [0.5, 0.6) is 0 Å². The standard InChI is InChI=1S/C11H15NO2/c1-7-4-5-9(8(2)12-3)6-10(7)11(13)14/h4-6,8,12H,1-3H3,(H,13,14)/t8-/m1/s1. The molecule has 0 spiro atoms. The lowest BCUT2D eigenvalue weighted by Gasteiger charge is -2.12. The number of rotatable bonds is 3. The summed E-state index contributed by atoms with van der Waals surface area (Å²) in [5.74, 6) is -0.868. The summed E-state index contributed by atoms with van der Waals surface area (Å²) in [6, 6.07) is 5.68. The molecule has 1 aromatic carbocycles. The van der Waals surface area contributed by atoms with Gasteiger partial charge in [0, 0.05) is 6.04 Å². The Morgan fingerprint density at radius 3 is 2.64 bits per heavy atom. The molecule has 0 aliphatic heterocycles. The van der Waals surface area contributed by atoms with Crippen molar-refractivity contribution in [2.75, 3.05) is 7.05 Å². The molecule has 0 aliphatic carbocycles. The molecule has 3 heteroatoms. The maximum absolute atomic E-state index is 10.9. The van der Waals surface area contributed by atoms with Gasteiger partial charge in [-0.25, -0.2) is 4.79 Å². The molecule has 0 saturated heterocycles. The van der Waals surface area contributed by atoms with E-state index in [9.17, 15) is 4.79 Å². The Balaban J connectivity index is 3.12. The fraction of sp³-hybridized carbons (Fsp3) is 0.364. The lowest BCUT2D eigenvalue weighted by atomic mass is 10.0. The molecule has 3 nitrogen and oxygen atoms in total. The Hall–Kier alpha value is -1.35. The van der Waals surface area contributed by atoms with Gasteiger partial charge in [0.2, 0.25) is 0 Å². The van der Waals surface area contributed by atoms with Crippen molar-refractivity contribution in [3.05, 3.63) is 34.9 Å². The van der Waals surface area contributed by atoms with Gasteiger partial charge in [0.25, 0.3) is 0 Å². The minimum Gasteiger partial charge on any atom is -0.478 e. The monoisotopic (exact) mass is 193 g/mol. The van der Waals surface area contributed by atoms with Gasteiger partial charge in [-0.2, -0.15) is 0 Å². The van der Waals surface area contributed by atoms with Crippen molar-refractivity contribution >= 4 is 5.97 Å². The molecule has 14 heavy (non-hydrogen) atoms. The fourth-order valence-electron chi connectivity index (χ4n) is 1.31. The first kappa shape index (κ1) is 10.7. The summed E-state index contributed by atoms with van der Waals surface area (Å²) < 4.78 is 0. The van der Waals surface area contributed by atoms with Crippen molar-refractivity contribution < 1.29 is 9.90 Å². The van der Waals surface area contributed by atoms with Gasteiger partial charge in [-0.15, -0.1) is 0 Å². The van der Waals surface area contributed by atoms with E-state index in [-0.39, 0.29) is 6.04 Å². The highest BCUT2D eigenvalue weighted by Gasteiger charge is 2.10. The van der Waals surface area contributed by atoms with Crippen LogP contribution in [-0.2, 0) is 0 Å². The maximum Gasteiger partial charge on any atom is 0.335 e. The molecule has 0 fully saturated rings. The Morgan fingerprint density at radius 1 is 1.50 bits per heavy atom. The second-order valence-corrected chi connectivity index (χ2v) is 3.39.